The third-order valence-corrected chi connectivity index (χ3v) is 5.68. The van der Waals surface area contributed by atoms with Crippen molar-refractivity contribution in [3.05, 3.63) is 52.0 Å². The number of nitrogens with two attached hydrogens (primary N) is 1. The lowest BCUT2D eigenvalue weighted by Gasteiger charge is -2.30. The van der Waals surface area contributed by atoms with Gasteiger partial charge in [0.15, 0.2) is 0 Å². The van der Waals surface area contributed by atoms with Crippen molar-refractivity contribution in [3.8, 4) is 0 Å². The highest BCUT2D eigenvalue weighted by Crippen LogP contribution is 2.22. The van der Waals surface area contributed by atoms with Crippen LogP contribution in [-0.4, -0.2) is 28.9 Å². The van der Waals surface area contributed by atoms with Gasteiger partial charge in [0.05, 0.1) is 18.2 Å². The summed E-state index contributed by atoms with van der Waals surface area (Å²) in [4.78, 5) is 19.0. The molecule has 1 unspecified atom stereocenters. The fraction of sp³-hybridized carbons (Fsp3) is 0.474. The van der Waals surface area contributed by atoms with Crippen LogP contribution in [0.5, 0.6) is 0 Å². The van der Waals surface area contributed by atoms with Crippen LogP contribution in [0.3, 0.4) is 0 Å². The van der Waals surface area contributed by atoms with Crippen LogP contribution in [-0.2, 0) is 17.6 Å². The summed E-state index contributed by atoms with van der Waals surface area (Å²) in [7, 11) is 0. The van der Waals surface area contributed by atoms with E-state index in [0.29, 0.717) is 6.42 Å². The van der Waals surface area contributed by atoms with E-state index in [4.69, 9.17) is 5.73 Å². The number of rotatable bonds is 5. The Bertz CT molecular complexity index is 662. The summed E-state index contributed by atoms with van der Waals surface area (Å²) in [6.07, 6.45) is 3.38. The van der Waals surface area contributed by atoms with Gasteiger partial charge in [-0.3, -0.25) is 4.79 Å². The van der Waals surface area contributed by atoms with E-state index in [1.54, 1.807) is 11.3 Å². The summed E-state index contributed by atoms with van der Waals surface area (Å²) in [6.45, 7) is 4.01. The van der Waals surface area contributed by atoms with E-state index >= 15 is 0 Å². The zero-order valence-corrected chi connectivity index (χ0v) is 15.0. The first kappa shape index (κ1) is 17.1. The highest BCUT2D eigenvalue weighted by Gasteiger charge is 2.21. The second kappa shape index (κ2) is 7.90. The largest absolute Gasteiger partial charge is 0.342 e. The van der Waals surface area contributed by atoms with Gasteiger partial charge in [0.1, 0.15) is 5.01 Å². The average Bonchev–Trinajstić information content (AvgIpc) is 3.05. The molecule has 0 bridgehead atoms. The minimum Gasteiger partial charge on any atom is -0.342 e. The minimum absolute atomic E-state index is 0.114. The molecule has 3 rings (SSSR count). The van der Waals surface area contributed by atoms with Crippen LogP contribution in [0.1, 0.15) is 42.1 Å². The summed E-state index contributed by atoms with van der Waals surface area (Å²) in [6, 6.07) is 10.1. The lowest BCUT2D eigenvalue weighted by molar-refractivity contribution is -0.131. The van der Waals surface area contributed by atoms with E-state index in [2.05, 4.69) is 24.0 Å². The van der Waals surface area contributed by atoms with Crippen molar-refractivity contribution in [1.82, 2.24) is 9.88 Å². The Morgan fingerprint density at radius 3 is 2.75 bits per heavy atom. The summed E-state index contributed by atoms with van der Waals surface area (Å²) in [5, 5.41) is 2.89. The molecule has 1 saturated heterocycles. The first-order valence-corrected chi connectivity index (χ1v) is 9.51. The Kier molecular flexibility index (Phi) is 5.63. The number of piperidine rings is 1. The maximum Gasteiger partial charge on any atom is 0.228 e. The molecule has 1 aliphatic rings. The zero-order chi connectivity index (χ0) is 16.9. The summed E-state index contributed by atoms with van der Waals surface area (Å²) < 4.78 is 0. The fourth-order valence-corrected chi connectivity index (χ4v) is 3.88. The second-order valence-electron chi connectivity index (χ2n) is 6.71. The molecule has 2 aromatic rings. The van der Waals surface area contributed by atoms with Crippen molar-refractivity contribution in [3.63, 3.8) is 0 Å². The van der Waals surface area contributed by atoms with Crippen LogP contribution < -0.4 is 5.73 Å². The zero-order valence-electron chi connectivity index (χ0n) is 14.1. The highest BCUT2D eigenvalue weighted by atomic mass is 32.1. The van der Waals surface area contributed by atoms with Gasteiger partial charge in [0, 0.05) is 18.5 Å². The average molecular weight is 343 g/mol. The number of carbonyl (C=O) groups is 1. The van der Waals surface area contributed by atoms with Gasteiger partial charge < -0.3 is 10.6 Å². The molecule has 1 amide bonds. The molecule has 0 spiro atoms. The number of aromatic nitrogens is 1. The molecule has 1 atom stereocenters. The van der Waals surface area contributed by atoms with E-state index in [1.807, 2.05) is 28.5 Å². The van der Waals surface area contributed by atoms with Gasteiger partial charge >= 0.3 is 0 Å². The topological polar surface area (TPSA) is 59.2 Å². The summed E-state index contributed by atoms with van der Waals surface area (Å²) in [5.41, 5.74) is 8.34. The molecule has 1 aromatic carbocycles. The van der Waals surface area contributed by atoms with Crippen LogP contribution in [0.2, 0.25) is 0 Å². The molecular formula is C19H25N3OS. The van der Waals surface area contributed by atoms with Crippen LogP contribution in [0.4, 0.5) is 0 Å². The van der Waals surface area contributed by atoms with E-state index in [0.717, 1.165) is 49.0 Å². The van der Waals surface area contributed by atoms with Gasteiger partial charge in [-0.2, -0.15) is 0 Å². The number of benzene rings is 1. The molecule has 5 heteroatoms. The lowest BCUT2D eigenvalue weighted by atomic mass is 9.99. The van der Waals surface area contributed by atoms with Crippen molar-refractivity contribution in [2.45, 2.75) is 38.6 Å². The molecule has 1 aromatic heterocycles. The first-order valence-electron chi connectivity index (χ1n) is 8.63. The fourth-order valence-electron chi connectivity index (χ4n) is 3.05. The number of carbonyl (C=O) groups excluding carboxylic acids is 1. The predicted octanol–water partition coefficient (Wildman–Crippen LogP) is 3.19. The molecule has 1 fully saturated rings. The van der Waals surface area contributed by atoms with Gasteiger partial charge in [-0.15, -0.1) is 11.3 Å². The second-order valence-corrected chi connectivity index (χ2v) is 7.60. The highest BCUT2D eigenvalue weighted by molar-refractivity contribution is 7.09. The molecular weight excluding hydrogens is 318 g/mol. The number of hydrogen-bond donors (Lipinski definition) is 1. The Balaban J connectivity index is 1.56. The smallest absolute Gasteiger partial charge is 0.228 e. The normalized spacial score (nSPS) is 17.0. The van der Waals surface area contributed by atoms with Crippen LogP contribution in [0.25, 0.3) is 0 Å². The van der Waals surface area contributed by atoms with Crippen LogP contribution in [0, 0.1) is 5.92 Å². The van der Waals surface area contributed by atoms with Crippen molar-refractivity contribution in [2.24, 2.45) is 11.7 Å². The quantitative estimate of drug-likeness (QED) is 0.907. The molecule has 24 heavy (non-hydrogen) atoms. The van der Waals surface area contributed by atoms with Crippen molar-refractivity contribution >= 4 is 17.2 Å². The van der Waals surface area contributed by atoms with E-state index in [1.165, 1.54) is 5.56 Å². The van der Waals surface area contributed by atoms with E-state index in [-0.39, 0.29) is 11.9 Å². The maximum atomic E-state index is 12.4. The first-order chi connectivity index (χ1) is 11.6. The summed E-state index contributed by atoms with van der Waals surface area (Å²) >= 11 is 1.56. The molecule has 0 saturated carbocycles. The SMILES string of the molecule is CC1CCN(C(=O)Cc2csc(C(N)Cc3ccccc3)n2)CC1. The molecule has 128 valence electrons. The van der Waals surface area contributed by atoms with E-state index < -0.39 is 0 Å². The summed E-state index contributed by atoms with van der Waals surface area (Å²) in [5.74, 6) is 0.922. The minimum atomic E-state index is -0.114. The molecule has 0 radical (unpaired) electrons. The van der Waals surface area contributed by atoms with Gasteiger partial charge in [0.2, 0.25) is 5.91 Å². The number of nitrogens with zero attached hydrogens (tertiary/aromatic N) is 2. The third kappa shape index (κ3) is 4.42. The standard InChI is InChI=1S/C19H25N3OS/c1-14-7-9-22(10-8-14)18(23)12-16-13-24-19(21-16)17(20)11-15-5-3-2-4-6-15/h2-6,13-14,17H,7-12,20H2,1H3. The molecule has 1 aliphatic heterocycles. The number of thiazole rings is 1. The predicted molar refractivity (Wildman–Crippen MR) is 97.9 cm³/mol. The number of hydrogen-bond acceptors (Lipinski definition) is 4. The van der Waals surface area contributed by atoms with Crippen molar-refractivity contribution < 1.29 is 4.79 Å². The monoisotopic (exact) mass is 343 g/mol. The van der Waals surface area contributed by atoms with Crippen LogP contribution >= 0.6 is 11.3 Å². The lowest BCUT2D eigenvalue weighted by Crippen LogP contribution is -2.38. The van der Waals surface area contributed by atoms with Crippen LogP contribution in [0.15, 0.2) is 35.7 Å². The van der Waals surface area contributed by atoms with Crippen molar-refractivity contribution in [1.29, 1.82) is 0 Å². The Labute approximate surface area is 147 Å². The van der Waals surface area contributed by atoms with Gasteiger partial charge in [0.25, 0.3) is 0 Å². The maximum absolute atomic E-state index is 12.4. The van der Waals surface area contributed by atoms with E-state index in [9.17, 15) is 4.79 Å². The Morgan fingerprint density at radius 1 is 1.33 bits per heavy atom. The number of amides is 1. The Morgan fingerprint density at radius 2 is 2.04 bits per heavy atom. The van der Waals surface area contributed by atoms with Gasteiger partial charge in [-0.25, -0.2) is 4.98 Å². The number of likely N-dealkylation sites (tertiary alicyclic amines) is 1. The van der Waals surface area contributed by atoms with Gasteiger partial charge in [-0.1, -0.05) is 37.3 Å². The van der Waals surface area contributed by atoms with Crippen molar-refractivity contribution in [2.75, 3.05) is 13.1 Å². The Hall–Kier alpha value is -1.72. The molecule has 0 aliphatic carbocycles. The molecule has 4 nitrogen and oxygen atoms in total. The molecule has 2 N–H and O–H groups in total. The molecule has 2 heterocycles. The van der Waals surface area contributed by atoms with Gasteiger partial charge in [-0.05, 0) is 30.7 Å². The third-order valence-electron chi connectivity index (χ3n) is 4.65.